The Labute approximate surface area is 89.5 Å². The summed E-state index contributed by atoms with van der Waals surface area (Å²) in [5, 5.41) is 0. The van der Waals surface area contributed by atoms with Crippen LogP contribution in [0.25, 0.3) is 0 Å². The van der Waals surface area contributed by atoms with Crippen LogP contribution in [-0.2, 0) is 0 Å². The molecule has 0 amide bonds. The Morgan fingerprint density at radius 2 is 1.93 bits per heavy atom. The van der Waals surface area contributed by atoms with Crippen LogP contribution in [0.5, 0.6) is 0 Å². The average molecular weight is 186 g/mol. The quantitative estimate of drug-likeness (QED) is 0.451. The predicted molar refractivity (Wildman–Crippen MR) is 66.5 cm³/mol. The van der Waals surface area contributed by atoms with Crippen molar-refractivity contribution in [2.45, 2.75) is 33.6 Å². The monoisotopic (exact) mass is 186 g/mol. The fourth-order valence-corrected chi connectivity index (χ4v) is 1.35. The Morgan fingerprint density at radius 1 is 1.29 bits per heavy atom. The average Bonchev–Trinajstić information content (AvgIpc) is 2.21. The fraction of sp³-hybridized carbons (Fsp3) is 0.385. The van der Waals surface area contributed by atoms with Gasteiger partial charge < -0.3 is 0 Å². The van der Waals surface area contributed by atoms with Gasteiger partial charge in [0.2, 0.25) is 0 Å². The molecule has 0 spiro atoms. The highest BCUT2D eigenvalue weighted by atomic mass is 14.0. The lowest BCUT2D eigenvalue weighted by Gasteiger charge is -2.09. The molecule has 0 saturated carbocycles. The summed E-state index contributed by atoms with van der Waals surface area (Å²) in [6.45, 7) is 9.91. The predicted octanol–water partition coefficient (Wildman–Crippen LogP) is 3.92. The summed E-state index contributed by atoms with van der Waals surface area (Å²) in [6.07, 6.45) is 9.77. The largest absolute Gasteiger partial charge is 0.114 e. The minimum Gasteiger partial charge on any atom is -0.0991 e. The van der Waals surface area contributed by atoms with Crippen LogP contribution in [0.15, 0.2) is 47.5 Å². The van der Waals surface area contributed by atoms with Crippen molar-refractivity contribution in [1.82, 2.24) is 0 Å². The van der Waals surface area contributed by atoms with Gasteiger partial charge in [0.1, 0.15) is 7.85 Å². The van der Waals surface area contributed by atoms with Crippen molar-refractivity contribution < 1.29 is 0 Å². The lowest BCUT2D eigenvalue weighted by Crippen LogP contribution is -1.93. The second kappa shape index (κ2) is 7.43. The zero-order valence-corrected chi connectivity index (χ0v) is 9.51. The first-order chi connectivity index (χ1) is 6.71. The number of allylic oxidation sites excluding steroid dienone is 7. The molecule has 0 aromatic rings. The van der Waals surface area contributed by atoms with E-state index in [4.69, 9.17) is 7.85 Å². The van der Waals surface area contributed by atoms with Crippen molar-refractivity contribution >= 4 is 7.85 Å². The van der Waals surface area contributed by atoms with Crippen molar-refractivity contribution in [1.29, 1.82) is 0 Å². The van der Waals surface area contributed by atoms with Crippen LogP contribution in [0.3, 0.4) is 0 Å². The molecule has 1 heteroatoms. The van der Waals surface area contributed by atoms with Gasteiger partial charge in [0.05, 0.1) is 0 Å². The van der Waals surface area contributed by atoms with E-state index in [1.807, 2.05) is 19.1 Å². The van der Waals surface area contributed by atoms with Crippen molar-refractivity contribution in [2.75, 3.05) is 0 Å². The highest BCUT2D eigenvalue weighted by Gasteiger charge is 2.00. The summed E-state index contributed by atoms with van der Waals surface area (Å²) in [6, 6.07) is 0. The number of rotatable bonds is 5. The summed E-state index contributed by atoms with van der Waals surface area (Å²) in [5.41, 5.74) is 3.26. The Morgan fingerprint density at radius 3 is 2.29 bits per heavy atom. The molecule has 0 aromatic carbocycles. The summed E-state index contributed by atoms with van der Waals surface area (Å²) in [4.78, 5) is 0. The first-order valence-electron chi connectivity index (χ1n) is 5.14. The molecule has 0 atom stereocenters. The van der Waals surface area contributed by atoms with Crippen molar-refractivity contribution in [2.24, 2.45) is 0 Å². The van der Waals surface area contributed by atoms with E-state index in [9.17, 15) is 0 Å². The van der Waals surface area contributed by atoms with Gasteiger partial charge in [-0.3, -0.25) is 0 Å². The van der Waals surface area contributed by atoms with E-state index in [0.717, 1.165) is 23.9 Å². The molecule has 0 nitrogen and oxygen atoms in total. The molecule has 74 valence electrons. The fourth-order valence-electron chi connectivity index (χ4n) is 1.35. The van der Waals surface area contributed by atoms with Gasteiger partial charge in [-0.1, -0.05) is 61.3 Å². The molecule has 0 bridgehead atoms. The van der Waals surface area contributed by atoms with Crippen LogP contribution in [-0.4, -0.2) is 7.85 Å². The standard InChI is InChI=1S/C13H19B/c1-5-9-11(7-3)13(14)12(8-4)10-6-2/h5-6,9-10H,1,7-8H2,2-4H3/b10-6+,11-9+,13-12-. The van der Waals surface area contributed by atoms with Gasteiger partial charge in [0.15, 0.2) is 0 Å². The van der Waals surface area contributed by atoms with Crippen LogP contribution < -0.4 is 0 Å². The highest BCUT2D eigenvalue weighted by molar-refractivity contribution is 6.25. The minimum atomic E-state index is 0.896. The zero-order valence-electron chi connectivity index (χ0n) is 9.51. The van der Waals surface area contributed by atoms with Crippen LogP contribution in [0.1, 0.15) is 33.6 Å². The molecule has 0 heterocycles. The van der Waals surface area contributed by atoms with Crippen LogP contribution in [0.4, 0.5) is 0 Å². The molecule has 0 aromatic heterocycles. The molecule has 0 rings (SSSR count). The topological polar surface area (TPSA) is 0 Å². The normalized spacial score (nSPS) is 14.4. The molecule has 14 heavy (non-hydrogen) atoms. The van der Waals surface area contributed by atoms with Crippen molar-refractivity contribution in [3.8, 4) is 0 Å². The van der Waals surface area contributed by atoms with Crippen LogP contribution >= 0.6 is 0 Å². The molecule has 0 saturated heterocycles. The van der Waals surface area contributed by atoms with Crippen LogP contribution in [0, 0.1) is 0 Å². The third kappa shape index (κ3) is 3.82. The molecule has 0 aliphatic carbocycles. The SMILES string of the molecule is [B]C(/C(=C/C=C)CC)=C(\C=C\C)CC. The van der Waals surface area contributed by atoms with E-state index in [1.54, 1.807) is 6.08 Å². The highest BCUT2D eigenvalue weighted by Crippen LogP contribution is 2.18. The molecule has 2 radical (unpaired) electrons. The van der Waals surface area contributed by atoms with E-state index in [2.05, 4.69) is 26.5 Å². The van der Waals surface area contributed by atoms with Crippen molar-refractivity contribution in [3.63, 3.8) is 0 Å². The minimum absolute atomic E-state index is 0.896. The lowest BCUT2D eigenvalue weighted by molar-refractivity contribution is 1.09. The first-order valence-corrected chi connectivity index (χ1v) is 5.14. The number of hydrogen-bond acceptors (Lipinski definition) is 0. The summed E-state index contributed by atoms with van der Waals surface area (Å²) in [7, 11) is 6.07. The molecule has 0 aliphatic heterocycles. The van der Waals surface area contributed by atoms with E-state index < -0.39 is 0 Å². The molecular weight excluding hydrogens is 167 g/mol. The maximum atomic E-state index is 6.07. The number of hydrogen-bond donors (Lipinski definition) is 0. The Balaban J connectivity index is 5.09. The summed E-state index contributed by atoms with van der Waals surface area (Å²) in [5.74, 6) is 0. The second-order valence-corrected chi connectivity index (χ2v) is 3.07. The van der Waals surface area contributed by atoms with Crippen molar-refractivity contribution in [3.05, 3.63) is 47.5 Å². The summed E-state index contributed by atoms with van der Waals surface area (Å²) < 4.78 is 0. The Kier molecular flexibility index (Phi) is 6.91. The molecule has 0 fully saturated rings. The van der Waals surface area contributed by atoms with E-state index >= 15 is 0 Å². The second-order valence-electron chi connectivity index (χ2n) is 3.07. The van der Waals surface area contributed by atoms with Gasteiger partial charge >= 0.3 is 0 Å². The van der Waals surface area contributed by atoms with Gasteiger partial charge in [0, 0.05) is 0 Å². The summed E-state index contributed by atoms with van der Waals surface area (Å²) >= 11 is 0. The maximum absolute atomic E-state index is 6.07. The molecule has 0 N–H and O–H groups in total. The van der Waals surface area contributed by atoms with Gasteiger partial charge in [-0.25, -0.2) is 0 Å². The van der Waals surface area contributed by atoms with Gasteiger partial charge in [-0.05, 0) is 19.8 Å². The smallest absolute Gasteiger partial charge is 0.0991 e. The van der Waals surface area contributed by atoms with Crippen LogP contribution in [0.2, 0.25) is 0 Å². The van der Waals surface area contributed by atoms with Gasteiger partial charge in [-0.2, -0.15) is 0 Å². The Bertz CT molecular complexity index is 267. The first kappa shape index (κ1) is 13.0. The van der Waals surface area contributed by atoms with E-state index in [1.165, 1.54) is 5.57 Å². The maximum Gasteiger partial charge on any atom is 0.114 e. The zero-order chi connectivity index (χ0) is 11.0. The molecule has 0 aliphatic rings. The molecular formula is C13H19B. The van der Waals surface area contributed by atoms with E-state index in [-0.39, 0.29) is 0 Å². The Hall–Kier alpha value is -0.975. The lowest BCUT2D eigenvalue weighted by atomic mass is 9.81. The third-order valence-corrected chi connectivity index (χ3v) is 2.14. The van der Waals surface area contributed by atoms with E-state index in [0.29, 0.717) is 0 Å². The van der Waals surface area contributed by atoms with Gasteiger partial charge in [0.25, 0.3) is 0 Å². The third-order valence-electron chi connectivity index (χ3n) is 2.14. The van der Waals surface area contributed by atoms with Gasteiger partial charge in [-0.15, -0.1) is 0 Å². The molecule has 0 unspecified atom stereocenters.